The molecule has 0 saturated heterocycles. The standard InChI is InChI=1S/C18H18N2O7/c1-25-15-5-7-16(8-6-15)26-9-10-27-17(21)12-19-18(22)13-3-2-4-14(11-13)20(23)24/h2-8,11H,9-10,12H2,1H3,(H,19,22). The summed E-state index contributed by atoms with van der Waals surface area (Å²) >= 11 is 0. The maximum Gasteiger partial charge on any atom is 0.325 e. The SMILES string of the molecule is COc1ccc(OCCOC(=O)CNC(=O)c2cccc([N+](=O)[O-])c2)cc1. The third kappa shape index (κ3) is 6.31. The van der Waals surface area contributed by atoms with E-state index in [1.54, 1.807) is 31.4 Å². The number of esters is 1. The molecule has 0 spiro atoms. The predicted molar refractivity (Wildman–Crippen MR) is 94.9 cm³/mol. The van der Waals surface area contributed by atoms with E-state index in [1.807, 2.05) is 0 Å². The minimum atomic E-state index is -0.646. The lowest BCUT2D eigenvalue weighted by Gasteiger charge is -2.09. The Labute approximate surface area is 155 Å². The first kappa shape index (κ1) is 19.7. The van der Waals surface area contributed by atoms with E-state index < -0.39 is 16.8 Å². The largest absolute Gasteiger partial charge is 0.497 e. The van der Waals surface area contributed by atoms with E-state index in [9.17, 15) is 19.7 Å². The first-order valence-corrected chi connectivity index (χ1v) is 7.94. The van der Waals surface area contributed by atoms with Crippen LogP contribution in [-0.2, 0) is 9.53 Å². The van der Waals surface area contributed by atoms with E-state index in [-0.39, 0.29) is 31.0 Å². The molecular weight excluding hydrogens is 356 g/mol. The summed E-state index contributed by atoms with van der Waals surface area (Å²) in [7, 11) is 1.56. The van der Waals surface area contributed by atoms with Gasteiger partial charge in [0.25, 0.3) is 11.6 Å². The van der Waals surface area contributed by atoms with E-state index in [0.29, 0.717) is 11.5 Å². The summed E-state index contributed by atoms with van der Waals surface area (Å²) in [6.45, 7) is -0.196. The van der Waals surface area contributed by atoms with Crippen LogP contribution in [0.4, 0.5) is 5.69 Å². The number of carbonyl (C=O) groups excluding carboxylic acids is 2. The van der Waals surface area contributed by atoms with Gasteiger partial charge in [-0.1, -0.05) is 6.07 Å². The Balaban J connectivity index is 1.68. The number of benzene rings is 2. The Hall–Kier alpha value is -3.62. The lowest BCUT2D eigenvalue weighted by atomic mass is 10.2. The highest BCUT2D eigenvalue weighted by atomic mass is 16.6. The van der Waals surface area contributed by atoms with Crippen LogP contribution in [0, 0.1) is 10.1 Å². The average Bonchev–Trinajstić information content (AvgIpc) is 2.70. The van der Waals surface area contributed by atoms with Crippen molar-refractivity contribution in [1.82, 2.24) is 5.32 Å². The van der Waals surface area contributed by atoms with Crippen LogP contribution in [0.1, 0.15) is 10.4 Å². The zero-order chi connectivity index (χ0) is 19.6. The van der Waals surface area contributed by atoms with Crippen LogP contribution in [0.2, 0.25) is 0 Å². The zero-order valence-corrected chi connectivity index (χ0v) is 14.5. The fourth-order valence-corrected chi connectivity index (χ4v) is 2.05. The molecule has 9 heteroatoms. The lowest BCUT2D eigenvalue weighted by molar-refractivity contribution is -0.384. The molecule has 0 fully saturated rings. The van der Waals surface area contributed by atoms with Crippen molar-refractivity contribution in [2.45, 2.75) is 0 Å². The van der Waals surface area contributed by atoms with Crippen LogP contribution in [0.5, 0.6) is 11.5 Å². The topological polar surface area (TPSA) is 117 Å². The summed E-state index contributed by atoms with van der Waals surface area (Å²) in [5.74, 6) is 0.0522. The third-order valence-electron chi connectivity index (χ3n) is 3.39. The summed E-state index contributed by atoms with van der Waals surface area (Å²) in [6, 6.07) is 12.1. The first-order valence-electron chi connectivity index (χ1n) is 7.94. The molecule has 2 aromatic carbocycles. The number of nitro groups is 1. The number of rotatable bonds is 9. The van der Waals surface area contributed by atoms with Gasteiger partial charge in [0.1, 0.15) is 31.3 Å². The Morgan fingerprint density at radius 2 is 1.78 bits per heavy atom. The molecule has 0 saturated carbocycles. The fraction of sp³-hybridized carbons (Fsp3) is 0.222. The number of ether oxygens (including phenoxy) is 3. The summed E-state index contributed by atoms with van der Waals surface area (Å²) in [5, 5.41) is 13.1. The number of amides is 1. The van der Waals surface area contributed by atoms with Crippen molar-refractivity contribution in [1.29, 1.82) is 0 Å². The molecule has 1 N–H and O–H groups in total. The summed E-state index contributed by atoms with van der Waals surface area (Å²) in [6.07, 6.45) is 0. The zero-order valence-electron chi connectivity index (χ0n) is 14.5. The number of hydrogen-bond donors (Lipinski definition) is 1. The van der Waals surface area contributed by atoms with Gasteiger partial charge in [0.15, 0.2) is 0 Å². The Morgan fingerprint density at radius 1 is 1.07 bits per heavy atom. The van der Waals surface area contributed by atoms with Gasteiger partial charge in [-0.25, -0.2) is 0 Å². The maximum atomic E-state index is 11.9. The molecule has 0 bridgehead atoms. The lowest BCUT2D eigenvalue weighted by Crippen LogP contribution is -2.31. The Kier molecular flexibility index (Phi) is 7.12. The highest BCUT2D eigenvalue weighted by molar-refractivity contribution is 5.96. The van der Waals surface area contributed by atoms with Gasteiger partial charge in [-0.15, -0.1) is 0 Å². The molecular formula is C18H18N2O7. The summed E-state index contributed by atoms with van der Waals surface area (Å²) in [5.41, 5.74) is -0.124. The molecule has 27 heavy (non-hydrogen) atoms. The van der Waals surface area contributed by atoms with Crippen molar-refractivity contribution in [3.05, 3.63) is 64.2 Å². The molecule has 0 aliphatic carbocycles. The molecule has 0 heterocycles. The highest BCUT2D eigenvalue weighted by Crippen LogP contribution is 2.16. The van der Waals surface area contributed by atoms with E-state index >= 15 is 0 Å². The fourth-order valence-electron chi connectivity index (χ4n) is 2.05. The smallest absolute Gasteiger partial charge is 0.325 e. The van der Waals surface area contributed by atoms with Gasteiger partial charge < -0.3 is 19.5 Å². The Bertz CT molecular complexity index is 806. The van der Waals surface area contributed by atoms with Crippen molar-refractivity contribution in [2.75, 3.05) is 26.9 Å². The maximum absolute atomic E-state index is 11.9. The molecule has 2 aromatic rings. The van der Waals surface area contributed by atoms with Crippen LogP contribution in [-0.4, -0.2) is 43.7 Å². The number of nitrogens with one attached hydrogen (secondary N) is 1. The summed E-state index contributed by atoms with van der Waals surface area (Å²) in [4.78, 5) is 33.6. The molecule has 2 rings (SSSR count). The quantitative estimate of drug-likeness (QED) is 0.308. The van der Waals surface area contributed by atoms with Gasteiger partial charge in [0.2, 0.25) is 0 Å². The van der Waals surface area contributed by atoms with Crippen LogP contribution in [0.15, 0.2) is 48.5 Å². The van der Waals surface area contributed by atoms with Crippen molar-refractivity contribution in [3.63, 3.8) is 0 Å². The van der Waals surface area contributed by atoms with Crippen molar-refractivity contribution in [3.8, 4) is 11.5 Å². The number of methoxy groups -OCH3 is 1. The second-order valence-corrected chi connectivity index (χ2v) is 5.23. The van der Waals surface area contributed by atoms with Crippen LogP contribution in [0.3, 0.4) is 0 Å². The van der Waals surface area contributed by atoms with E-state index in [4.69, 9.17) is 14.2 Å². The molecule has 0 atom stereocenters. The number of hydrogen-bond acceptors (Lipinski definition) is 7. The van der Waals surface area contributed by atoms with Crippen LogP contribution in [0.25, 0.3) is 0 Å². The van der Waals surface area contributed by atoms with Crippen molar-refractivity contribution in [2.24, 2.45) is 0 Å². The van der Waals surface area contributed by atoms with Gasteiger partial charge in [-0.2, -0.15) is 0 Å². The average molecular weight is 374 g/mol. The predicted octanol–water partition coefficient (Wildman–Crippen LogP) is 1.96. The normalized spacial score (nSPS) is 9.96. The van der Waals surface area contributed by atoms with Gasteiger partial charge >= 0.3 is 5.97 Å². The van der Waals surface area contributed by atoms with E-state index in [1.165, 1.54) is 18.2 Å². The minimum Gasteiger partial charge on any atom is -0.497 e. The van der Waals surface area contributed by atoms with Crippen molar-refractivity contribution >= 4 is 17.6 Å². The van der Waals surface area contributed by atoms with Crippen LogP contribution >= 0.6 is 0 Å². The molecule has 9 nitrogen and oxygen atoms in total. The van der Waals surface area contributed by atoms with Gasteiger partial charge in [0.05, 0.1) is 12.0 Å². The van der Waals surface area contributed by atoms with Gasteiger partial charge in [-0.3, -0.25) is 19.7 Å². The minimum absolute atomic E-state index is 0.0115. The molecule has 0 radical (unpaired) electrons. The molecule has 1 amide bonds. The molecule has 142 valence electrons. The number of nitrogens with zero attached hydrogens (tertiary/aromatic N) is 1. The highest BCUT2D eigenvalue weighted by Gasteiger charge is 2.12. The Morgan fingerprint density at radius 3 is 2.44 bits per heavy atom. The van der Waals surface area contributed by atoms with Crippen LogP contribution < -0.4 is 14.8 Å². The molecule has 0 unspecified atom stereocenters. The van der Waals surface area contributed by atoms with E-state index in [0.717, 1.165) is 6.07 Å². The first-order chi connectivity index (χ1) is 13.0. The molecule has 0 aliphatic heterocycles. The van der Waals surface area contributed by atoms with Crippen molar-refractivity contribution < 1.29 is 28.7 Å². The van der Waals surface area contributed by atoms with Gasteiger partial charge in [-0.05, 0) is 30.3 Å². The molecule has 0 aromatic heterocycles. The summed E-state index contributed by atoms with van der Waals surface area (Å²) < 4.78 is 15.4. The third-order valence-corrected chi connectivity index (χ3v) is 3.39. The second kappa shape index (κ2) is 9.76. The number of nitro benzene ring substituents is 1. The monoisotopic (exact) mass is 374 g/mol. The number of non-ortho nitro benzene ring substituents is 1. The van der Waals surface area contributed by atoms with E-state index in [2.05, 4.69) is 5.32 Å². The second-order valence-electron chi connectivity index (χ2n) is 5.23. The molecule has 0 aliphatic rings. The number of carbonyl (C=O) groups is 2. The van der Waals surface area contributed by atoms with Gasteiger partial charge in [0, 0.05) is 17.7 Å².